The summed E-state index contributed by atoms with van der Waals surface area (Å²) in [6.45, 7) is 14.0. The summed E-state index contributed by atoms with van der Waals surface area (Å²) in [5, 5.41) is 5.66. The van der Waals surface area contributed by atoms with Crippen LogP contribution in [-0.4, -0.2) is 60.2 Å². The summed E-state index contributed by atoms with van der Waals surface area (Å²) in [6.07, 6.45) is 1.13. The van der Waals surface area contributed by atoms with Gasteiger partial charge in [0.25, 0.3) is 0 Å². The van der Waals surface area contributed by atoms with Crippen molar-refractivity contribution in [1.82, 2.24) is 19.7 Å². The van der Waals surface area contributed by atoms with Crippen LogP contribution < -0.4 is 5.32 Å². The fraction of sp³-hybridized carbons (Fsp3) is 0.619. The van der Waals surface area contributed by atoms with Gasteiger partial charge in [0.1, 0.15) is 0 Å². The van der Waals surface area contributed by atoms with Crippen LogP contribution in [0, 0.1) is 0 Å². The number of piperazine rings is 1. The Hall–Kier alpha value is -1.07. The van der Waals surface area contributed by atoms with Gasteiger partial charge in [0, 0.05) is 79.9 Å². The summed E-state index contributed by atoms with van der Waals surface area (Å²) in [4.78, 5) is 5.02. The lowest BCUT2D eigenvalue weighted by Gasteiger charge is -2.34. The molecule has 144 valence electrons. The second-order valence-corrected chi connectivity index (χ2v) is 7.75. The van der Waals surface area contributed by atoms with Crippen LogP contribution in [0.5, 0.6) is 0 Å². The molecular formula is C21H33ClN4. The molecule has 0 spiro atoms. The minimum atomic E-state index is 0.622. The van der Waals surface area contributed by atoms with Gasteiger partial charge in [0.05, 0.1) is 0 Å². The van der Waals surface area contributed by atoms with E-state index in [0.717, 1.165) is 57.3 Å². The van der Waals surface area contributed by atoms with Crippen molar-refractivity contribution in [2.75, 3.05) is 39.8 Å². The van der Waals surface area contributed by atoms with Crippen LogP contribution in [0.25, 0.3) is 10.9 Å². The van der Waals surface area contributed by atoms with E-state index in [-0.39, 0.29) is 0 Å². The van der Waals surface area contributed by atoms with E-state index in [1.807, 2.05) is 19.9 Å². The first-order valence-electron chi connectivity index (χ1n) is 10.1. The maximum atomic E-state index is 6.29. The lowest BCUT2D eigenvalue weighted by molar-refractivity contribution is 0.167. The van der Waals surface area contributed by atoms with Crippen LogP contribution >= 0.6 is 11.6 Å². The van der Waals surface area contributed by atoms with Gasteiger partial charge in [-0.15, -0.1) is 0 Å². The second-order valence-electron chi connectivity index (χ2n) is 7.32. The van der Waals surface area contributed by atoms with Gasteiger partial charge in [-0.05, 0) is 37.7 Å². The normalized spacial score (nSPS) is 21.3. The molecule has 0 radical (unpaired) electrons. The van der Waals surface area contributed by atoms with Gasteiger partial charge >= 0.3 is 0 Å². The largest absolute Gasteiger partial charge is 0.343 e. The summed E-state index contributed by atoms with van der Waals surface area (Å²) in [5.74, 6) is 0. The first-order valence-corrected chi connectivity index (χ1v) is 10.4. The van der Waals surface area contributed by atoms with Crippen molar-refractivity contribution in [1.29, 1.82) is 0 Å². The number of halogens is 1. The van der Waals surface area contributed by atoms with Crippen LogP contribution in [0.4, 0.5) is 0 Å². The molecule has 1 N–H and O–H groups in total. The molecule has 2 aliphatic rings. The molecule has 5 heteroatoms. The average Bonchev–Trinajstić information content (AvgIpc) is 2.95. The molecule has 1 aromatic heterocycles. The Morgan fingerprint density at radius 3 is 2.77 bits per heavy atom. The molecule has 0 saturated carbocycles. The smallest absolute Gasteiger partial charge is 0.0487 e. The first kappa shape index (κ1) is 19.7. The number of nitrogens with zero attached hydrogens (tertiary/aromatic N) is 3. The van der Waals surface area contributed by atoms with Crippen molar-refractivity contribution < 1.29 is 0 Å². The summed E-state index contributed by atoms with van der Waals surface area (Å²) < 4.78 is 2.56. The van der Waals surface area contributed by atoms with Gasteiger partial charge in [-0.25, -0.2) is 0 Å². The minimum Gasteiger partial charge on any atom is -0.343 e. The van der Waals surface area contributed by atoms with E-state index in [0.29, 0.717) is 6.04 Å². The second kappa shape index (κ2) is 8.75. The highest BCUT2D eigenvalue weighted by Crippen LogP contribution is 2.32. The zero-order valence-electron chi connectivity index (χ0n) is 16.7. The Morgan fingerprint density at radius 2 is 2.00 bits per heavy atom. The first-order chi connectivity index (χ1) is 12.6. The third-order valence-corrected chi connectivity index (χ3v) is 5.89. The van der Waals surface area contributed by atoms with E-state index in [4.69, 9.17) is 11.6 Å². The van der Waals surface area contributed by atoms with Crippen LogP contribution in [0.2, 0.25) is 5.02 Å². The molecule has 1 atom stereocenters. The Balaban J connectivity index is 0.000000948. The van der Waals surface area contributed by atoms with E-state index in [1.165, 1.54) is 22.2 Å². The maximum absolute atomic E-state index is 6.29. The Labute approximate surface area is 163 Å². The lowest BCUT2D eigenvalue weighted by atomic mass is 10.1. The molecule has 2 aliphatic heterocycles. The van der Waals surface area contributed by atoms with Gasteiger partial charge in [0.2, 0.25) is 0 Å². The van der Waals surface area contributed by atoms with Crippen molar-refractivity contribution in [2.45, 2.75) is 46.3 Å². The highest BCUT2D eigenvalue weighted by atomic mass is 35.5. The zero-order chi connectivity index (χ0) is 18.7. The number of aromatic nitrogens is 1. The molecular weight excluding hydrogens is 344 g/mol. The van der Waals surface area contributed by atoms with Crippen LogP contribution in [0.3, 0.4) is 0 Å². The average molecular weight is 377 g/mol. The van der Waals surface area contributed by atoms with Crippen molar-refractivity contribution in [2.24, 2.45) is 0 Å². The zero-order valence-corrected chi connectivity index (χ0v) is 17.4. The number of hydrogen-bond acceptors (Lipinski definition) is 3. The molecule has 4 rings (SSSR count). The van der Waals surface area contributed by atoms with Gasteiger partial charge < -0.3 is 14.8 Å². The predicted molar refractivity (Wildman–Crippen MR) is 112 cm³/mol. The predicted octanol–water partition coefficient (Wildman–Crippen LogP) is 3.60. The number of benzene rings is 1. The highest BCUT2D eigenvalue weighted by molar-refractivity contribution is 6.31. The highest BCUT2D eigenvalue weighted by Gasteiger charge is 2.24. The van der Waals surface area contributed by atoms with Crippen molar-refractivity contribution >= 4 is 22.5 Å². The van der Waals surface area contributed by atoms with E-state index in [2.05, 4.69) is 45.8 Å². The third-order valence-electron chi connectivity index (χ3n) is 5.66. The van der Waals surface area contributed by atoms with Crippen molar-refractivity contribution in [3.8, 4) is 0 Å². The van der Waals surface area contributed by atoms with E-state index in [1.54, 1.807) is 0 Å². The number of fused-ring (bicyclic) bond motifs is 3. The van der Waals surface area contributed by atoms with E-state index in [9.17, 15) is 0 Å². The number of likely N-dealkylation sites (N-methyl/N-ethyl adjacent to an activating group) is 1. The van der Waals surface area contributed by atoms with Gasteiger partial charge in [0.15, 0.2) is 0 Å². The SMILES string of the molecule is CC.C[C@@H]1CNCCN1CCn1c2c(c3cc(Cl)ccc31)CN(C)CC2. The molecule has 0 aliphatic carbocycles. The lowest BCUT2D eigenvalue weighted by Crippen LogP contribution is -2.50. The van der Waals surface area contributed by atoms with Crippen LogP contribution in [-0.2, 0) is 19.5 Å². The van der Waals surface area contributed by atoms with Crippen LogP contribution in [0.15, 0.2) is 18.2 Å². The summed E-state index contributed by atoms with van der Waals surface area (Å²) >= 11 is 6.29. The van der Waals surface area contributed by atoms with Crippen molar-refractivity contribution in [3.05, 3.63) is 34.5 Å². The molecule has 1 aromatic carbocycles. The van der Waals surface area contributed by atoms with Gasteiger partial charge in [-0.2, -0.15) is 0 Å². The number of hydrogen-bond donors (Lipinski definition) is 1. The molecule has 26 heavy (non-hydrogen) atoms. The quantitative estimate of drug-likeness (QED) is 0.885. The van der Waals surface area contributed by atoms with E-state index < -0.39 is 0 Å². The fourth-order valence-electron chi connectivity index (χ4n) is 4.26. The van der Waals surface area contributed by atoms with Crippen LogP contribution in [0.1, 0.15) is 32.0 Å². The third kappa shape index (κ3) is 3.94. The summed E-state index contributed by atoms with van der Waals surface area (Å²) in [6, 6.07) is 7.01. The number of nitrogens with one attached hydrogen (secondary N) is 1. The molecule has 0 bridgehead atoms. The number of rotatable bonds is 3. The fourth-order valence-corrected chi connectivity index (χ4v) is 4.43. The topological polar surface area (TPSA) is 23.4 Å². The Morgan fingerprint density at radius 1 is 1.19 bits per heavy atom. The summed E-state index contributed by atoms with van der Waals surface area (Å²) in [7, 11) is 2.21. The molecule has 4 nitrogen and oxygen atoms in total. The molecule has 0 amide bonds. The standard InChI is InChI=1S/C19H27ClN4.C2H6/c1-14-12-21-6-8-23(14)9-10-24-18-4-3-15(20)11-16(18)17-13-22(2)7-5-19(17)24;1-2/h3-4,11,14,21H,5-10,12-13H2,1-2H3;1-2H3/t14-;/m1./s1. The molecule has 3 heterocycles. The molecule has 0 unspecified atom stereocenters. The Kier molecular flexibility index (Phi) is 6.62. The summed E-state index contributed by atoms with van der Waals surface area (Å²) in [5.41, 5.74) is 4.35. The minimum absolute atomic E-state index is 0.622. The maximum Gasteiger partial charge on any atom is 0.0487 e. The monoisotopic (exact) mass is 376 g/mol. The van der Waals surface area contributed by atoms with Crippen molar-refractivity contribution in [3.63, 3.8) is 0 Å². The van der Waals surface area contributed by atoms with E-state index >= 15 is 0 Å². The molecule has 2 aromatic rings. The van der Waals surface area contributed by atoms with Gasteiger partial charge in [-0.1, -0.05) is 25.4 Å². The molecule has 1 fully saturated rings. The van der Waals surface area contributed by atoms with Gasteiger partial charge in [-0.3, -0.25) is 4.90 Å². The Bertz CT molecular complexity index is 739. The molecule has 1 saturated heterocycles.